The van der Waals surface area contributed by atoms with Gasteiger partial charge >= 0.3 is 0 Å². The van der Waals surface area contributed by atoms with Crippen molar-refractivity contribution >= 4 is 0 Å². The van der Waals surface area contributed by atoms with Gasteiger partial charge in [0.05, 0.1) is 18.3 Å². The highest BCUT2D eigenvalue weighted by Crippen LogP contribution is 2.07. The molecule has 0 saturated carbocycles. The highest BCUT2D eigenvalue weighted by Gasteiger charge is 2.14. The van der Waals surface area contributed by atoms with Gasteiger partial charge in [0, 0.05) is 12.6 Å². The Balaban J connectivity index is 3.64. The summed E-state index contributed by atoms with van der Waals surface area (Å²) < 4.78 is 5.57. The average molecular weight is 288 g/mol. The molecule has 0 bridgehead atoms. The highest BCUT2D eigenvalue weighted by atomic mass is 16.5. The van der Waals surface area contributed by atoms with Gasteiger partial charge in [-0.1, -0.05) is 13.8 Å². The minimum atomic E-state index is -0.431. The van der Waals surface area contributed by atoms with E-state index >= 15 is 0 Å². The molecule has 0 spiro atoms. The van der Waals surface area contributed by atoms with Crippen LogP contribution in [-0.2, 0) is 4.74 Å². The van der Waals surface area contributed by atoms with E-state index in [2.05, 4.69) is 31.0 Å². The Labute approximate surface area is 125 Å². The van der Waals surface area contributed by atoms with Crippen LogP contribution in [0, 0.1) is 0 Å². The van der Waals surface area contributed by atoms with Crippen LogP contribution in [0.2, 0.25) is 0 Å². The van der Waals surface area contributed by atoms with E-state index in [4.69, 9.17) is 4.74 Å². The second-order valence-corrected chi connectivity index (χ2v) is 6.56. The molecule has 0 amide bonds. The number of ether oxygens (including phenoxy) is 1. The van der Waals surface area contributed by atoms with Crippen LogP contribution < -0.4 is 5.32 Å². The van der Waals surface area contributed by atoms with Gasteiger partial charge in [-0.15, -0.1) is 0 Å². The van der Waals surface area contributed by atoms with Crippen molar-refractivity contribution in [2.45, 2.75) is 72.1 Å². The predicted octanol–water partition coefficient (Wildman–Crippen LogP) is 2.26. The maximum atomic E-state index is 9.86. The monoisotopic (exact) mass is 288 g/mol. The molecule has 122 valence electrons. The standard InChI is InChI=1S/C16H36N2O2/c1-7-18(8-2)11-9-10-14(3)17-12-15(19)13-20-16(4,5)6/h14-15,17,19H,7-13H2,1-6H3. The van der Waals surface area contributed by atoms with Gasteiger partial charge < -0.3 is 20.1 Å². The lowest BCUT2D eigenvalue weighted by atomic mass is 10.1. The van der Waals surface area contributed by atoms with Crippen molar-refractivity contribution in [3.05, 3.63) is 0 Å². The second-order valence-electron chi connectivity index (χ2n) is 6.56. The molecule has 2 N–H and O–H groups in total. The first-order valence-corrected chi connectivity index (χ1v) is 8.06. The van der Waals surface area contributed by atoms with E-state index in [0.29, 0.717) is 19.2 Å². The molecule has 0 rings (SSSR count). The Hall–Kier alpha value is -0.160. The van der Waals surface area contributed by atoms with Crippen LogP contribution in [0.3, 0.4) is 0 Å². The minimum absolute atomic E-state index is 0.184. The van der Waals surface area contributed by atoms with Crippen LogP contribution in [-0.4, -0.2) is 60.5 Å². The Bertz CT molecular complexity index is 225. The van der Waals surface area contributed by atoms with E-state index in [0.717, 1.165) is 26.1 Å². The molecule has 0 aromatic heterocycles. The first kappa shape index (κ1) is 19.8. The molecule has 4 heteroatoms. The molecule has 4 nitrogen and oxygen atoms in total. The van der Waals surface area contributed by atoms with Crippen molar-refractivity contribution in [3.63, 3.8) is 0 Å². The van der Waals surface area contributed by atoms with Crippen LogP contribution in [0.5, 0.6) is 0 Å². The highest BCUT2D eigenvalue weighted by molar-refractivity contribution is 4.68. The van der Waals surface area contributed by atoms with E-state index in [1.807, 2.05) is 20.8 Å². The molecule has 0 saturated heterocycles. The third-order valence-electron chi connectivity index (χ3n) is 3.42. The van der Waals surface area contributed by atoms with Gasteiger partial charge in [-0.05, 0) is 60.2 Å². The van der Waals surface area contributed by atoms with Crippen LogP contribution in [0.25, 0.3) is 0 Å². The lowest BCUT2D eigenvalue weighted by Crippen LogP contribution is -2.38. The zero-order chi connectivity index (χ0) is 15.6. The largest absolute Gasteiger partial charge is 0.389 e. The van der Waals surface area contributed by atoms with Gasteiger partial charge in [0.25, 0.3) is 0 Å². The summed E-state index contributed by atoms with van der Waals surface area (Å²) >= 11 is 0. The zero-order valence-electron chi connectivity index (χ0n) is 14.4. The fourth-order valence-corrected chi connectivity index (χ4v) is 2.01. The Morgan fingerprint density at radius 2 is 1.80 bits per heavy atom. The molecular formula is C16H36N2O2. The number of aliphatic hydroxyl groups excluding tert-OH is 1. The van der Waals surface area contributed by atoms with Crippen molar-refractivity contribution in [3.8, 4) is 0 Å². The SMILES string of the molecule is CCN(CC)CCCC(C)NCC(O)COC(C)(C)C. The fraction of sp³-hybridized carbons (Fsp3) is 1.00. The fourth-order valence-electron chi connectivity index (χ4n) is 2.01. The third-order valence-corrected chi connectivity index (χ3v) is 3.42. The number of hydrogen-bond acceptors (Lipinski definition) is 4. The van der Waals surface area contributed by atoms with E-state index in [-0.39, 0.29) is 5.60 Å². The normalized spacial score (nSPS) is 15.6. The molecule has 2 atom stereocenters. The second kappa shape index (κ2) is 10.6. The molecule has 0 fully saturated rings. The van der Waals surface area contributed by atoms with Gasteiger partial charge in [0.15, 0.2) is 0 Å². The van der Waals surface area contributed by atoms with Gasteiger partial charge in [-0.3, -0.25) is 0 Å². The van der Waals surface area contributed by atoms with Gasteiger partial charge in [0.1, 0.15) is 0 Å². The summed E-state index contributed by atoms with van der Waals surface area (Å²) in [4.78, 5) is 2.44. The van der Waals surface area contributed by atoms with Crippen molar-refractivity contribution in [2.75, 3.05) is 32.8 Å². The minimum Gasteiger partial charge on any atom is -0.389 e. The topological polar surface area (TPSA) is 44.7 Å². The lowest BCUT2D eigenvalue weighted by Gasteiger charge is -2.23. The van der Waals surface area contributed by atoms with E-state index in [1.165, 1.54) is 6.42 Å². The first-order valence-electron chi connectivity index (χ1n) is 8.06. The number of nitrogens with zero attached hydrogens (tertiary/aromatic N) is 1. The summed E-state index contributed by atoms with van der Waals surface area (Å²) in [5.74, 6) is 0. The molecule has 0 radical (unpaired) electrons. The van der Waals surface area contributed by atoms with Crippen LogP contribution >= 0.6 is 0 Å². The zero-order valence-corrected chi connectivity index (χ0v) is 14.4. The number of aliphatic hydroxyl groups is 1. The van der Waals surface area contributed by atoms with E-state index < -0.39 is 6.10 Å². The summed E-state index contributed by atoms with van der Waals surface area (Å²) in [7, 11) is 0. The smallest absolute Gasteiger partial charge is 0.0898 e. The summed E-state index contributed by atoms with van der Waals surface area (Å²) in [6, 6.07) is 0.440. The predicted molar refractivity (Wildman–Crippen MR) is 86.2 cm³/mol. The number of rotatable bonds is 11. The van der Waals surface area contributed by atoms with Crippen LogP contribution in [0.1, 0.15) is 54.4 Å². The van der Waals surface area contributed by atoms with Crippen molar-refractivity contribution in [1.82, 2.24) is 10.2 Å². The Kier molecular flexibility index (Phi) is 10.5. The Morgan fingerprint density at radius 1 is 1.20 bits per heavy atom. The Morgan fingerprint density at radius 3 is 2.30 bits per heavy atom. The van der Waals surface area contributed by atoms with Crippen molar-refractivity contribution < 1.29 is 9.84 Å². The van der Waals surface area contributed by atoms with Crippen molar-refractivity contribution in [1.29, 1.82) is 0 Å². The quantitative estimate of drug-likeness (QED) is 0.612. The number of nitrogens with one attached hydrogen (secondary N) is 1. The first-order chi connectivity index (χ1) is 9.28. The molecule has 0 aliphatic rings. The van der Waals surface area contributed by atoms with Crippen molar-refractivity contribution in [2.24, 2.45) is 0 Å². The van der Waals surface area contributed by atoms with Crippen LogP contribution in [0.4, 0.5) is 0 Å². The summed E-state index contributed by atoms with van der Waals surface area (Å²) in [5.41, 5.74) is -0.184. The molecule has 0 aliphatic heterocycles. The molecular weight excluding hydrogens is 252 g/mol. The average Bonchev–Trinajstić information content (AvgIpc) is 2.38. The summed E-state index contributed by atoms with van der Waals surface area (Å²) in [6.07, 6.45) is 1.91. The molecule has 2 unspecified atom stereocenters. The molecule has 0 aliphatic carbocycles. The summed E-state index contributed by atoms with van der Waals surface area (Å²) in [6.45, 7) is 17.0. The van der Waals surface area contributed by atoms with Crippen LogP contribution in [0.15, 0.2) is 0 Å². The number of hydrogen-bond donors (Lipinski definition) is 2. The molecule has 20 heavy (non-hydrogen) atoms. The molecule has 0 heterocycles. The molecule has 0 aromatic rings. The third kappa shape index (κ3) is 11.6. The maximum Gasteiger partial charge on any atom is 0.0898 e. The lowest BCUT2D eigenvalue weighted by molar-refractivity contribution is -0.0483. The van der Waals surface area contributed by atoms with E-state index in [9.17, 15) is 5.11 Å². The van der Waals surface area contributed by atoms with Gasteiger partial charge in [0.2, 0.25) is 0 Å². The maximum absolute atomic E-state index is 9.86. The molecule has 0 aromatic carbocycles. The van der Waals surface area contributed by atoms with Gasteiger partial charge in [-0.25, -0.2) is 0 Å². The van der Waals surface area contributed by atoms with Gasteiger partial charge in [-0.2, -0.15) is 0 Å². The van der Waals surface area contributed by atoms with E-state index in [1.54, 1.807) is 0 Å². The summed E-state index contributed by atoms with van der Waals surface area (Å²) in [5, 5.41) is 13.2.